The molecule has 120 valence electrons. The van der Waals surface area contributed by atoms with E-state index in [0.29, 0.717) is 24.3 Å². The van der Waals surface area contributed by atoms with Gasteiger partial charge in [0.15, 0.2) is 11.5 Å². The number of aliphatic hydroxyl groups is 1. The van der Waals surface area contributed by atoms with Crippen molar-refractivity contribution in [3.63, 3.8) is 0 Å². The van der Waals surface area contributed by atoms with Crippen LogP contribution in [0.2, 0.25) is 0 Å². The molecule has 0 unspecified atom stereocenters. The molecule has 5 heteroatoms. The number of aromatic amines is 1. The number of nitrogens with zero attached hydrogens (tertiary/aromatic N) is 1. The summed E-state index contributed by atoms with van der Waals surface area (Å²) in [5.41, 5.74) is 4.15. The first-order valence-electron chi connectivity index (χ1n) is 7.63. The molecule has 0 aliphatic heterocycles. The number of nitrogens with one attached hydrogen (secondary N) is 1. The van der Waals surface area contributed by atoms with Crippen LogP contribution in [0.5, 0.6) is 0 Å². The van der Waals surface area contributed by atoms with E-state index in [-0.39, 0.29) is 11.6 Å². The first kappa shape index (κ1) is 14.5. The molecule has 4 aromatic rings. The van der Waals surface area contributed by atoms with Gasteiger partial charge in [0.1, 0.15) is 11.3 Å². The Bertz CT molecular complexity index is 1060. The van der Waals surface area contributed by atoms with Crippen molar-refractivity contribution in [1.29, 1.82) is 0 Å². The summed E-state index contributed by atoms with van der Waals surface area (Å²) in [5, 5.41) is 10.1. The number of oxazole rings is 1. The molecule has 0 amide bonds. The van der Waals surface area contributed by atoms with Crippen LogP contribution >= 0.6 is 0 Å². The zero-order valence-electron chi connectivity index (χ0n) is 12.8. The zero-order valence-corrected chi connectivity index (χ0v) is 12.8. The molecule has 24 heavy (non-hydrogen) atoms. The number of fused-ring (bicyclic) bond motifs is 2. The molecule has 2 aromatic heterocycles. The highest BCUT2D eigenvalue weighted by Gasteiger charge is 2.11. The first-order valence-corrected chi connectivity index (χ1v) is 7.63. The van der Waals surface area contributed by atoms with Gasteiger partial charge in [0, 0.05) is 35.5 Å². The summed E-state index contributed by atoms with van der Waals surface area (Å²) in [4.78, 5) is 7.49. The van der Waals surface area contributed by atoms with E-state index < -0.39 is 0 Å². The Hall–Kier alpha value is -3.08. The van der Waals surface area contributed by atoms with Gasteiger partial charge in [-0.1, -0.05) is 12.6 Å². The minimum atomic E-state index is -0.267. The van der Waals surface area contributed by atoms with E-state index in [1.54, 1.807) is 6.07 Å². The summed E-state index contributed by atoms with van der Waals surface area (Å²) in [6.07, 6.45) is 2.79. The molecule has 0 saturated carbocycles. The van der Waals surface area contributed by atoms with Gasteiger partial charge in [-0.3, -0.25) is 0 Å². The Morgan fingerprint density at radius 3 is 2.96 bits per heavy atom. The highest BCUT2D eigenvalue weighted by molar-refractivity contribution is 5.97. The van der Waals surface area contributed by atoms with Crippen LogP contribution in [0.25, 0.3) is 33.1 Å². The highest BCUT2D eigenvalue weighted by atomic mass is 19.1. The summed E-state index contributed by atoms with van der Waals surface area (Å²) in [6, 6.07) is 10.5. The van der Waals surface area contributed by atoms with Gasteiger partial charge in [-0.05, 0) is 35.9 Å². The third-order valence-electron chi connectivity index (χ3n) is 4.01. The number of aliphatic hydroxyl groups excluding tert-OH is 1. The van der Waals surface area contributed by atoms with Crippen molar-refractivity contribution < 1.29 is 13.9 Å². The molecule has 0 spiro atoms. The van der Waals surface area contributed by atoms with Crippen molar-refractivity contribution in [1.82, 2.24) is 9.97 Å². The minimum Gasteiger partial charge on any atom is -0.513 e. The van der Waals surface area contributed by atoms with Crippen LogP contribution < -0.4 is 0 Å². The number of aromatic nitrogens is 2. The van der Waals surface area contributed by atoms with Crippen LogP contribution in [0.1, 0.15) is 12.3 Å². The average molecular weight is 322 g/mol. The summed E-state index contributed by atoms with van der Waals surface area (Å²) >= 11 is 0. The van der Waals surface area contributed by atoms with Crippen molar-refractivity contribution in [3.8, 4) is 11.1 Å². The smallest absolute Gasteiger partial charge is 0.195 e. The number of H-pyrrole nitrogens is 1. The molecular formula is C19H15FN2O2. The largest absolute Gasteiger partial charge is 0.513 e. The van der Waals surface area contributed by atoms with Gasteiger partial charge in [-0.25, -0.2) is 9.37 Å². The fraction of sp³-hybridized carbons (Fsp3) is 0.105. The van der Waals surface area contributed by atoms with Crippen LogP contribution in [-0.4, -0.2) is 15.1 Å². The highest BCUT2D eigenvalue weighted by Crippen LogP contribution is 2.31. The van der Waals surface area contributed by atoms with E-state index in [1.165, 1.54) is 12.1 Å². The summed E-state index contributed by atoms with van der Waals surface area (Å²) < 4.78 is 19.1. The van der Waals surface area contributed by atoms with Gasteiger partial charge in [0.2, 0.25) is 0 Å². The third kappa shape index (κ3) is 2.54. The fourth-order valence-electron chi connectivity index (χ4n) is 2.84. The van der Waals surface area contributed by atoms with Crippen molar-refractivity contribution in [2.75, 3.05) is 0 Å². The van der Waals surface area contributed by atoms with Gasteiger partial charge in [-0.15, -0.1) is 0 Å². The van der Waals surface area contributed by atoms with Crippen molar-refractivity contribution in [3.05, 3.63) is 66.6 Å². The summed E-state index contributed by atoms with van der Waals surface area (Å²) in [7, 11) is 0. The molecule has 2 heterocycles. The van der Waals surface area contributed by atoms with Gasteiger partial charge in [0.25, 0.3) is 0 Å². The quantitative estimate of drug-likeness (QED) is 0.513. The topological polar surface area (TPSA) is 62.1 Å². The van der Waals surface area contributed by atoms with Crippen LogP contribution in [0, 0.1) is 5.82 Å². The molecule has 0 aliphatic carbocycles. The predicted molar refractivity (Wildman–Crippen MR) is 91.3 cm³/mol. The molecule has 4 nitrogen and oxygen atoms in total. The van der Waals surface area contributed by atoms with E-state index in [9.17, 15) is 9.50 Å². The molecule has 2 N–H and O–H groups in total. The normalized spacial score (nSPS) is 11.4. The molecule has 0 atom stereocenters. The Morgan fingerprint density at radius 1 is 1.25 bits per heavy atom. The molecule has 2 aromatic carbocycles. The maximum absolute atomic E-state index is 13.3. The second-order valence-electron chi connectivity index (χ2n) is 5.75. The first-order chi connectivity index (χ1) is 11.6. The lowest BCUT2D eigenvalue weighted by molar-refractivity contribution is 0.383. The van der Waals surface area contributed by atoms with Crippen molar-refractivity contribution in [2.24, 2.45) is 0 Å². The maximum atomic E-state index is 13.3. The molecule has 0 saturated heterocycles. The number of halogens is 1. The lowest BCUT2D eigenvalue weighted by atomic mass is 10.0. The van der Waals surface area contributed by atoms with E-state index in [0.717, 1.165) is 27.5 Å². The van der Waals surface area contributed by atoms with Gasteiger partial charge >= 0.3 is 0 Å². The van der Waals surface area contributed by atoms with Gasteiger partial charge in [-0.2, -0.15) is 0 Å². The second-order valence-corrected chi connectivity index (χ2v) is 5.75. The van der Waals surface area contributed by atoms with Crippen LogP contribution in [0.4, 0.5) is 4.39 Å². The van der Waals surface area contributed by atoms with E-state index in [1.807, 2.05) is 24.4 Å². The SMILES string of the molecule is C=C(O)CCc1nc2ccc(-c3c[nH]c4cc(F)ccc34)cc2o1. The third-order valence-corrected chi connectivity index (χ3v) is 4.01. The molecule has 0 radical (unpaired) electrons. The Morgan fingerprint density at radius 2 is 2.12 bits per heavy atom. The number of hydrogen-bond donors (Lipinski definition) is 2. The van der Waals surface area contributed by atoms with Gasteiger partial charge in [0.05, 0.1) is 5.76 Å². The van der Waals surface area contributed by atoms with Crippen LogP contribution in [-0.2, 0) is 6.42 Å². The fourth-order valence-corrected chi connectivity index (χ4v) is 2.84. The van der Waals surface area contributed by atoms with E-state index >= 15 is 0 Å². The summed E-state index contributed by atoms with van der Waals surface area (Å²) in [6.45, 7) is 3.46. The number of allylic oxidation sites excluding steroid dienone is 1. The van der Waals surface area contributed by atoms with Crippen molar-refractivity contribution >= 4 is 22.0 Å². The Kier molecular flexibility index (Phi) is 3.34. The van der Waals surface area contributed by atoms with E-state index in [4.69, 9.17) is 4.42 Å². The molecule has 0 bridgehead atoms. The second kappa shape index (κ2) is 5.53. The van der Waals surface area contributed by atoms with Crippen LogP contribution in [0.3, 0.4) is 0 Å². The van der Waals surface area contributed by atoms with Crippen molar-refractivity contribution in [2.45, 2.75) is 12.8 Å². The predicted octanol–water partition coefficient (Wildman–Crippen LogP) is 5.12. The van der Waals surface area contributed by atoms with Crippen LogP contribution in [0.15, 0.2) is 59.4 Å². The lowest BCUT2D eigenvalue weighted by Gasteiger charge is -1.99. The maximum Gasteiger partial charge on any atom is 0.195 e. The minimum absolute atomic E-state index is 0.115. The lowest BCUT2D eigenvalue weighted by Crippen LogP contribution is -1.86. The Balaban J connectivity index is 1.74. The molecule has 4 rings (SSSR count). The van der Waals surface area contributed by atoms with E-state index in [2.05, 4.69) is 16.5 Å². The molecule has 0 fully saturated rings. The number of benzene rings is 2. The van der Waals surface area contributed by atoms with Gasteiger partial charge < -0.3 is 14.5 Å². The standard InChI is InChI=1S/C19H15FN2O2/c1-11(23)2-7-19-22-16-6-3-12(8-18(16)24-19)15-10-21-17-9-13(20)4-5-14(15)17/h3-6,8-10,21,23H,1-2,7H2. The zero-order chi connectivity index (χ0) is 16.7. The molecular weight excluding hydrogens is 307 g/mol. The monoisotopic (exact) mass is 322 g/mol. The number of hydrogen-bond acceptors (Lipinski definition) is 3. The molecule has 0 aliphatic rings. The number of aryl methyl sites for hydroxylation is 1. The number of rotatable bonds is 4. The Labute approximate surface area is 137 Å². The average Bonchev–Trinajstić information content (AvgIpc) is 3.14. The summed E-state index contributed by atoms with van der Waals surface area (Å²) in [5.74, 6) is 0.416.